The Morgan fingerprint density at radius 2 is 0.671 bits per heavy atom. The van der Waals surface area contributed by atoms with Crippen LogP contribution >= 0.6 is 0 Å². The van der Waals surface area contributed by atoms with Gasteiger partial charge in [0.1, 0.15) is 0 Å². The zero-order valence-corrected chi connectivity index (χ0v) is 39.3. The first-order valence-corrected chi connectivity index (χ1v) is 26.2. The van der Waals surface area contributed by atoms with Gasteiger partial charge in [0.2, 0.25) is 0 Å². The van der Waals surface area contributed by atoms with Crippen molar-refractivity contribution in [2.24, 2.45) is 0 Å². The highest BCUT2D eigenvalue weighted by atomic mass is 28.3. The maximum atomic E-state index is 2.52. The smallest absolute Gasteiger partial charge is 0.179 e. The minimum absolute atomic E-state index is 1.12. The molecule has 0 fully saturated rings. The number of hydrogen-bond acceptors (Lipinski definition) is 0. The molecule has 0 amide bonds. The third-order valence-corrected chi connectivity index (χ3v) is 19.6. The van der Waals surface area contributed by atoms with Gasteiger partial charge in [-0.25, -0.2) is 0 Å². The molecule has 0 aliphatic carbocycles. The van der Waals surface area contributed by atoms with Gasteiger partial charge in [0.05, 0.1) is 38.8 Å². The zero-order valence-electron chi connectivity index (χ0n) is 38.3. The molecule has 0 saturated heterocycles. The van der Waals surface area contributed by atoms with Gasteiger partial charge >= 0.3 is 0 Å². The van der Waals surface area contributed by atoms with Crippen molar-refractivity contribution in [2.75, 3.05) is 0 Å². The van der Waals surface area contributed by atoms with Gasteiger partial charge in [0.15, 0.2) is 8.07 Å². The summed E-state index contributed by atoms with van der Waals surface area (Å²) >= 11 is 0. The van der Waals surface area contributed by atoms with Crippen LogP contribution in [0.5, 0.6) is 0 Å². The van der Waals surface area contributed by atoms with E-state index in [9.17, 15) is 0 Å². The number of nitrogens with zero attached hydrogens (tertiary/aromatic N) is 3. The van der Waals surface area contributed by atoms with Crippen molar-refractivity contribution in [2.45, 2.75) is 0 Å². The summed E-state index contributed by atoms with van der Waals surface area (Å²) in [6.07, 6.45) is 0. The lowest BCUT2D eigenvalue weighted by molar-refractivity contribution is 1.15. The molecular weight excluding hydrogens is 863 g/mol. The first-order chi connectivity index (χ1) is 34.8. The molecule has 0 aliphatic rings. The Bertz CT molecular complexity index is 4110. The monoisotopic (exact) mass is 907 g/mol. The van der Waals surface area contributed by atoms with Crippen molar-refractivity contribution in [1.82, 2.24) is 13.7 Å². The highest BCUT2D eigenvalue weighted by molar-refractivity contribution is 7.20. The second-order valence-electron chi connectivity index (χ2n) is 18.4. The quantitative estimate of drug-likeness (QED) is 0.107. The van der Waals surface area contributed by atoms with Crippen molar-refractivity contribution in [3.05, 3.63) is 273 Å². The summed E-state index contributed by atoms with van der Waals surface area (Å²) in [6, 6.07) is 101. The number of benzene rings is 11. The van der Waals surface area contributed by atoms with Gasteiger partial charge in [-0.1, -0.05) is 212 Å². The van der Waals surface area contributed by atoms with Crippen molar-refractivity contribution < 1.29 is 0 Å². The summed E-state index contributed by atoms with van der Waals surface area (Å²) < 4.78 is 7.43. The van der Waals surface area contributed by atoms with Gasteiger partial charge in [0.25, 0.3) is 0 Å². The van der Waals surface area contributed by atoms with Crippen molar-refractivity contribution in [3.63, 3.8) is 0 Å². The van der Waals surface area contributed by atoms with E-state index in [0.717, 1.165) is 22.4 Å². The van der Waals surface area contributed by atoms with E-state index in [1.807, 2.05) is 0 Å². The minimum atomic E-state index is -2.78. The number of aromatic nitrogens is 3. The molecule has 0 saturated carbocycles. The molecule has 0 radical (unpaired) electrons. The molecule has 14 rings (SSSR count). The Morgan fingerprint density at radius 1 is 0.229 bits per heavy atom. The number of para-hydroxylation sites is 3. The maximum Gasteiger partial charge on any atom is 0.179 e. The molecule has 3 nitrogen and oxygen atoms in total. The number of hydrogen-bond donors (Lipinski definition) is 0. The third kappa shape index (κ3) is 6.00. The average Bonchev–Trinajstić information content (AvgIpc) is 4.08. The van der Waals surface area contributed by atoms with Gasteiger partial charge < -0.3 is 13.7 Å². The summed E-state index contributed by atoms with van der Waals surface area (Å²) in [4.78, 5) is 0. The van der Waals surface area contributed by atoms with Crippen LogP contribution in [-0.4, -0.2) is 21.8 Å². The molecule has 0 bridgehead atoms. The Hall–Kier alpha value is -8.96. The van der Waals surface area contributed by atoms with Crippen LogP contribution in [0.3, 0.4) is 0 Å². The largest absolute Gasteiger partial charge is 0.309 e. The fourth-order valence-corrected chi connectivity index (χ4v) is 16.6. The maximum absolute atomic E-state index is 2.78. The van der Waals surface area contributed by atoms with Gasteiger partial charge in [-0.05, 0) is 92.5 Å². The molecule has 14 aromatic rings. The number of fused-ring (bicyclic) bond motifs is 9. The van der Waals surface area contributed by atoms with Gasteiger partial charge in [-0.3, -0.25) is 0 Å². The normalized spacial score (nSPS) is 12.0. The lowest BCUT2D eigenvalue weighted by atomic mass is 10.1. The first kappa shape index (κ1) is 40.1. The van der Waals surface area contributed by atoms with Crippen LogP contribution in [-0.2, 0) is 0 Å². The lowest BCUT2D eigenvalue weighted by Crippen LogP contribution is -2.74. The Labute approximate surface area is 407 Å². The zero-order chi connectivity index (χ0) is 46.2. The highest BCUT2D eigenvalue weighted by Gasteiger charge is 2.41. The van der Waals surface area contributed by atoms with Gasteiger partial charge in [-0.15, -0.1) is 0 Å². The van der Waals surface area contributed by atoms with Crippen LogP contribution in [0, 0.1) is 0 Å². The lowest BCUT2D eigenvalue weighted by Gasteiger charge is -2.34. The van der Waals surface area contributed by atoms with Crippen LogP contribution in [0.4, 0.5) is 0 Å². The second-order valence-corrected chi connectivity index (χ2v) is 22.2. The highest BCUT2D eigenvalue weighted by Crippen LogP contribution is 2.42. The topological polar surface area (TPSA) is 14.8 Å². The predicted molar refractivity (Wildman–Crippen MR) is 299 cm³/mol. The summed E-state index contributed by atoms with van der Waals surface area (Å²) in [5.41, 5.74) is 12.9. The van der Waals surface area contributed by atoms with E-state index in [-0.39, 0.29) is 0 Å². The van der Waals surface area contributed by atoms with Gasteiger partial charge in [0, 0.05) is 43.7 Å². The van der Waals surface area contributed by atoms with E-state index in [1.165, 1.54) is 91.9 Å². The molecule has 0 atom stereocenters. The Morgan fingerprint density at radius 3 is 1.26 bits per heavy atom. The van der Waals surface area contributed by atoms with E-state index < -0.39 is 8.07 Å². The molecule has 11 aromatic carbocycles. The second kappa shape index (κ2) is 16.1. The molecule has 328 valence electrons. The summed E-state index contributed by atoms with van der Waals surface area (Å²) in [7, 11) is -2.78. The van der Waals surface area contributed by atoms with Crippen molar-refractivity contribution >= 4 is 94.2 Å². The average molecular weight is 908 g/mol. The molecule has 70 heavy (non-hydrogen) atoms. The molecule has 3 aromatic heterocycles. The van der Waals surface area contributed by atoms with E-state index in [2.05, 4.69) is 287 Å². The third-order valence-electron chi connectivity index (χ3n) is 14.8. The standard InChI is InChI=1S/C66H45N3Si/c1-5-20-46(21-6-1)47-36-38-48(39-37-47)67-63-34-19-35-64(69-60-32-17-13-28-54(60)55-29-14-18-33-61(55)69)66(63)57-42-40-49(44-65(57)67)68-59-31-16-15-30-56(59)58-45-53(41-43-62(58)68)70(50-22-7-2-8-23-50,51-24-9-3-10-25-51)52-26-11-4-12-27-52/h1-45H. The van der Waals surface area contributed by atoms with Crippen LogP contribution < -0.4 is 20.7 Å². The van der Waals surface area contributed by atoms with Gasteiger partial charge in [-0.2, -0.15) is 0 Å². The van der Waals surface area contributed by atoms with Crippen LogP contribution in [0.25, 0.3) is 93.6 Å². The van der Waals surface area contributed by atoms with E-state index in [4.69, 9.17) is 0 Å². The van der Waals surface area contributed by atoms with E-state index in [0.29, 0.717) is 0 Å². The minimum Gasteiger partial charge on any atom is -0.309 e. The van der Waals surface area contributed by atoms with Crippen LogP contribution in [0.15, 0.2) is 273 Å². The predicted octanol–water partition coefficient (Wildman–Crippen LogP) is 14.0. The molecule has 0 spiro atoms. The van der Waals surface area contributed by atoms with Crippen LogP contribution in [0.2, 0.25) is 0 Å². The summed E-state index contributed by atoms with van der Waals surface area (Å²) in [6.45, 7) is 0. The molecule has 0 aliphatic heterocycles. The molecular formula is C66H45N3Si. The first-order valence-electron chi connectivity index (χ1n) is 24.2. The molecule has 3 heterocycles. The molecule has 0 unspecified atom stereocenters. The van der Waals surface area contributed by atoms with Crippen molar-refractivity contribution in [1.29, 1.82) is 0 Å². The number of rotatable bonds is 8. The van der Waals surface area contributed by atoms with E-state index >= 15 is 0 Å². The fraction of sp³-hybridized carbons (Fsp3) is 0. The molecule has 0 N–H and O–H groups in total. The van der Waals surface area contributed by atoms with Crippen LogP contribution in [0.1, 0.15) is 0 Å². The SMILES string of the molecule is c1ccc(-c2ccc(-n3c4cc(-n5c6ccccc6c6cc([Si](c7ccccc7)(c7ccccc7)c7ccccc7)ccc65)ccc4c4c(-n5c6ccccc6c6ccccc65)cccc43)cc2)cc1. The fourth-order valence-electron chi connectivity index (χ4n) is 11.8. The molecule has 4 heteroatoms. The Kier molecular flexibility index (Phi) is 9.23. The summed E-state index contributed by atoms with van der Waals surface area (Å²) in [5, 5.41) is 12.9. The summed E-state index contributed by atoms with van der Waals surface area (Å²) in [5.74, 6) is 0. The van der Waals surface area contributed by atoms with Crippen molar-refractivity contribution in [3.8, 4) is 28.2 Å². The van der Waals surface area contributed by atoms with E-state index in [1.54, 1.807) is 0 Å². The Balaban J connectivity index is 1.03.